The Kier molecular flexibility index (Phi) is 3.69. The van der Waals surface area contributed by atoms with Crippen molar-refractivity contribution in [2.45, 2.75) is 20.0 Å². The number of carbonyl (C=O) groups excluding carboxylic acids is 1. The summed E-state index contributed by atoms with van der Waals surface area (Å²) in [6.45, 7) is 3.42. The number of halogens is 2. The summed E-state index contributed by atoms with van der Waals surface area (Å²) >= 11 is 11.7. The highest BCUT2D eigenvalue weighted by Crippen LogP contribution is 2.23. The van der Waals surface area contributed by atoms with E-state index < -0.39 is 0 Å². The van der Waals surface area contributed by atoms with Crippen LogP contribution in [0, 0.1) is 6.92 Å². The second kappa shape index (κ2) is 5.50. The summed E-state index contributed by atoms with van der Waals surface area (Å²) in [6, 6.07) is 1.26. The van der Waals surface area contributed by atoms with Crippen LogP contribution in [0.4, 0.5) is 10.6 Å². The molecular formula is C12H12Cl2N6O. The third kappa shape index (κ3) is 2.93. The fourth-order valence-corrected chi connectivity index (χ4v) is 2.36. The van der Waals surface area contributed by atoms with E-state index in [1.807, 2.05) is 11.6 Å². The van der Waals surface area contributed by atoms with Gasteiger partial charge in [0.2, 0.25) is 0 Å². The number of urea groups is 1. The number of fused-ring (bicyclic) bond motifs is 1. The normalized spacial score (nSPS) is 14.0. The fraction of sp³-hybridized carbons (Fsp3) is 0.333. The maximum Gasteiger partial charge on any atom is 0.323 e. The van der Waals surface area contributed by atoms with E-state index in [0.717, 1.165) is 5.82 Å². The predicted octanol–water partition coefficient (Wildman–Crippen LogP) is 2.34. The topological polar surface area (TPSA) is 75.9 Å². The molecule has 1 N–H and O–H groups in total. The molecule has 1 aliphatic heterocycles. The van der Waals surface area contributed by atoms with Crippen molar-refractivity contribution in [3.8, 4) is 0 Å². The molecule has 0 unspecified atom stereocenters. The third-order valence-corrected chi connectivity index (χ3v) is 3.81. The Morgan fingerprint density at radius 1 is 1.33 bits per heavy atom. The summed E-state index contributed by atoms with van der Waals surface area (Å²) in [7, 11) is 0. The molecule has 0 spiro atoms. The van der Waals surface area contributed by atoms with Gasteiger partial charge in [0.1, 0.15) is 17.5 Å². The van der Waals surface area contributed by atoms with Crippen molar-refractivity contribution in [3.05, 3.63) is 34.0 Å². The van der Waals surface area contributed by atoms with Crippen molar-refractivity contribution >= 4 is 35.1 Å². The molecule has 1 aliphatic rings. The molecule has 0 aromatic carbocycles. The first-order valence-electron chi connectivity index (χ1n) is 6.30. The van der Waals surface area contributed by atoms with E-state index in [1.54, 1.807) is 4.90 Å². The number of anilines is 1. The average molecular weight is 327 g/mol. The van der Waals surface area contributed by atoms with Crippen molar-refractivity contribution in [2.24, 2.45) is 0 Å². The standard InChI is InChI=1S/C12H12Cl2N6O/c1-7-16-11-6-19(2-3-20(11)18-7)12(21)17-10-4-8(13)9(14)5-15-10/h4-5H,2-3,6H2,1H3,(H,15,17,21). The molecule has 0 saturated heterocycles. The van der Waals surface area contributed by atoms with Crippen LogP contribution >= 0.6 is 23.2 Å². The number of hydrogen-bond acceptors (Lipinski definition) is 4. The van der Waals surface area contributed by atoms with Crippen LogP contribution in [0.15, 0.2) is 12.3 Å². The van der Waals surface area contributed by atoms with Gasteiger partial charge in [-0.25, -0.2) is 19.4 Å². The van der Waals surface area contributed by atoms with Crippen molar-refractivity contribution in [3.63, 3.8) is 0 Å². The molecule has 7 nitrogen and oxygen atoms in total. The summed E-state index contributed by atoms with van der Waals surface area (Å²) < 4.78 is 1.82. The van der Waals surface area contributed by atoms with Gasteiger partial charge < -0.3 is 4.90 Å². The summed E-state index contributed by atoms with van der Waals surface area (Å²) in [5, 5.41) is 7.63. The molecule has 0 saturated carbocycles. The highest BCUT2D eigenvalue weighted by Gasteiger charge is 2.23. The summed E-state index contributed by atoms with van der Waals surface area (Å²) in [4.78, 5) is 22.2. The Morgan fingerprint density at radius 3 is 2.90 bits per heavy atom. The van der Waals surface area contributed by atoms with E-state index in [4.69, 9.17) is 23.2 Å². The van der Waals surface area contributed by atoms with Gasteiger partial charge in [-0.05, 0) is 6.92 Å². The number of nitrogens with zero attached hydrogens (tertiary/aromatic N) is 5. The lowest BCUT2D eigenvalue weighted by molar-refractivity contribution is 0.193. The number of rotatable bonds is 1. The highest BCUT2D eigenvalue weighted by atomic mass is 35.5. The SMILES string of the molecule is Cc1nc2n(n1)CCN(C(=O)Nc1cc(Cl)c(Cl)cn1)C2. The summed E-state index contributed by atoms with van der Waals surface area (Å²) in [5.41, 5.74) is 0. The van der Waals surface area contributed by atoms with E-state index >= 15 is 0 Å². The maximum absolute atomic E-state index is 12.2. The van der Waals surface area contributed by atoms with Crippen molar-refractivity contribution < 1.29 is 4.79 Å². The lowest BCUT2D eigenvalue weighted by Gasteiger charge is -2.26. The Hall–Kier alpha value is -1.86. The second-order valence-corrected chi connectivity index (χ2v) is 5.45. The van der Waals surface area contributed by atoms with Gasteiger partial charge in [0.25, 0.3) is 0 Å². The first-order valence-corrected chi connectivity index (χ1v) is 7.06. The summed E-state index contributed by atoms with van der Waals surface area (Å²) in [5.74, 6) is 1.84. The van der Waals surface area contributed by atoms with Crippen LogP contribution in [0.2, 0.25) is 10.0 Å². The van der Waals surface area contributed by atoms with Crippen molar-refractivity contribution in [1.29, 1.82) is 0 Å². The average Bonchev–Trinajstić information content (AvgIpc) is 2.82. The molecule has 9 heteroatoms. The first-order chi connectivity index (χ1) is 10.0. The quantitative estimate of drug-likeness (QED) is 0.872. The zero-order valence-corrected chi connectivity index (χ0v) is 12.7. The van der Waals surface area contributed by atoms with Crippen LogP contribution in [0.25, 0.3) is 0 Å². The monoisotopic (exact) mass is 326 g/mol. The minimum Gasteiger partial charge on any atom is -0.315 e. The molecule has 0 atom stereocenters. The van der Waals surface area contributed by atoms with E-state index in [1.165, 1.54) is 12.3 Å². The van der Waals surface area contributed by atoms with E-state index in [2.05, 4.69) is 20.4 Å². The highest BCUT2D eigenvalue weighted by molar-refractivity contribution is 6.42. The molecule has 2 amide bonds. The third-order valence-electron chi connectivity index (χ3n) is 3.10. The van der Waals surface area contributed by atoms with Crippen molar-refractivity contribution in [1.82, 2.24) is 24.6 Å². The zero-order chi connectivity index (χ0) is 15.0. The molecule has 3 rings (SSSR count). The number of nitrogens with one attached hydrogen (secondary N) is 1. The van der Waals surface area contributed by atoms with Crippen LogP contribution < -0.4 is 5.32 Å². The summed E-state index contributed by atoms with van der Waals surface area (Å²) in [6.07, 6.45) is 1.40. The lowest BCUT2D eigenvalue weighted by atomic mass is 10.4. The molecule has 0 fully saturated rings. The van der Waals surface area contributed by atoms with Gasteiger partial charge >= 0.3 is 6.03 Å². The molecule has 110 valence electrons. The zero-order valence-electron chi connectivity index (χ0n) is 11.2. The number of aromatic nitrogens is 4. The van der Waals surface area contributed by atoms with Crippen LogP contribution in [0.1, 0.15) is 11.6 Å². The number of carbonyl (C=O) groups is 1. The van der Waals surface area contributed by atoms with Crippen LogP contribution in [-0.4, -0.2) is 37.2 Å². The number of hydrogen-bond donors (Lipinski definition) is 1. The Bertz CT molecular complexity index is 701. The van der Waals surface area contributed by atoms with E-state index in [9.17, 15) is 4.79 Å². The number of amides is 2. The largest absolute Gasteiger partial charge is 0.323 e. The number of aryl methyl sites for hydroxylation is 1. The predicted molar refractivity (Wildman–Crippen MR) is 78.4 cm³/mol. The molecule has 3 heterocycles. The molecule has 2 aromatic rings. The van der Waals surface area contributed by atoms with E-state index in [-0.39, 0.29) is 6.03 Å². The molecule has 0 radical (unpaired) electrons. The maximum atomic E-state index is 12.2. The number of pyridine rings is 1. The minimum absolute atomic E-state index is 0.257. The van der Waals surface area contributed by atoms with Gasteiger partial charge in [0.15, 0.2) is 0 Å². The molecule has 0 aliphatic carbocycles. The molecule has 21 heavy (non-hydrogen) atoms. The van der Waals surface area contributed by atoms with Gasteiger partial charge in [-0.2, -0.15) is 5.10 Å². The van der Waals surface area contributed by atoms with Gasteiger partial charge in [-0.15, -0.1) is 0 Å². The molecule has 0 bridgehead atoms. The smallest absolute Gasteiger partial charge is 0.315 e. The lowest BCUT2D eigenvalue weighted by Crippen LogP contribution is -2.41. The Balaban J connectivity index is 1.70. The first kappa shape index (κ1) is 14.1. The van der Waals surface area contributed by atoms with Gasteiger partial charge in [-0.1, -0.05) is 23.2 Å². The van der Waals surface area contributed by atoms with Gasteiger partial charge in [0, 0.05) is 18.8 Å². The molecule has 2 aromatic heterocycles. The Morgan fingerprint density at radius 2 is 2.14 bits per heavy atom. The van der Waals surface area contributed by atoms with Crippen LogP contribution in [-0.2, 0) is 13.1 Å². The fourth-order valence-electron chi connectivity index (χ4n) is 2.10. The van der Waals surface area contributed by atoms with Crippen LogP contribution in [0.3, 0.4) is 0 Å². The minimum atomic E-state index is -0.257. The van der Waals surface area contributed by atoms with Gasteiger partial charge in [-0.3, -0.25) is 5.32 Å². The van der Waals surface area contributed by atoms with E-state index in [0.29, 0.717) is 41.3 Å². The Labute approximate surface area is 130 Å². The molecular weight excluding hydrogens is 315 g/mol. The van der Waals surface area contributed by atoms with Crippen LogP contribution in [0.5, 0.6) is 0 Å². The van der Waals surface area contributed by atoms with Crippen molar-refractivity contribution in [2.75, 3.05) is 11.9 Å². The van der Waals surface area contributed by atoms with Gasteiger partial charge in [0.05, 0.1) is 23.1 Å². The second-order valence-electron chi connectivity index (χ2n) is 4.63.